The maximum Gasteiger partial charge on any atom is 0.321 e. The third-order valence-corrected chi connectivity index (χ3v) is 3.78. The molecule has 0 saturated heterocycles. The normalized spacial score (nSPS) is 14.4. The number of carbonyl (C=O) groups is 2. The summed E-state index contributed by atoms with van der Waals surface area (Å²) in [7, 11) is 1.82. The van der Waals surface area contributed by atoms with E-state index in [0.29, 0.717) is 12.5 Å². The molecule has 0 spiro atoms. The number of carboxylic acid groups (broad SMARTS) is 1. The van der Waals surface area contributed by atoms with Gasteiger partial charge in [-0.2, -0.15) is 0 Å². The van der Waals surface area contributed by atoms with Crippen LogP contribution in [-0.2, 0) is 11.2 Å². The Bertz CT molecular complexity index is 480. The Hall–Kier alpha value is -2.04. The number of aryl methyl sites for hydroxylation is 1. The number of carbonyl (C=O) groups excluding carboxylic acids is 1. The summed E-state index contributed by atoms with van der Waals surface area (Å²) in [6, 6.07) is 7.59. The van der Waals surface area contributed by atoms with Gasteiger partial charge >= 0.3 is 12.0 Å². The van der Waals surface area contributed by atoms with Crippen molar-refractivity contribution in [2.45, 2.75) is 38.1 Å². The van der Waals surface area contributed by atoms with Crippen LogP contribution in [0.1, 0.15) is 31.2 Å². The highest BCUT2D eigenvalue weighted by atomic mass is 16.4. The Morgan fingerprint density at radius 1 is 1.30 bits per heavy atom. The molecule has 5 nitrogen and oxygen atoms in total. The van der Waals surface area contributed by atoms with Gasteiger partial charge in [0.05, 0.1) is 0 Å². The fraction of sp³-hybridized carbons (Fsp3) is 0.467. The van der Waals surface area contributed by atoms with Crippen LogP contribution in [0, 0.1) is 0 Å². The average molecular weight is 276 g/mol. The van der Waals surface area contributed by atoms with Gasteiger partial charge in [0, 0.05) is 25.2 Å². The third-order valence-electron chi connectivity index (χ3n) is 3.78. The second-order valence-electron chi connectivity index (χ2n) is 5.22. The number of hydrogen-bond acceptors (Lipinski definition) is 2. The van der Waals surface area contributed by atoms with E-state index in [1.807, 2.05) is 31.3 Å². The first-order valence-corrected chi connectivity index (χ1v) is 6.91. The van der Waals surface area contributed by atoms with E-state index >= 15 is 0 Å². The minimum Gasteiger partial charge on any atom is -0.481 e. The molecule has 1 aliphatic rings. The van der Waals surface area contributed by atoms with E-state index in [4.69, 9.17) is 5.11 Å². The van der Waals surface area contributed by atoms with E-state index in [1.165, 1.54) is 6.42 Å². The van der Waals surface area contributed by atoms with Gasteiger partial charge in [0.15, 0.2) is 0 Å². The lowest BCUT2D eigenvalue weighted by Gasteiger charge is -2.34. The topological polar surface area (TPSA) is 69.6 Å². The van der Waals surface area contributed by atoms with Crippen molar-refractivity contribution in [2.75, 3.05) is 12.4 Å². The fourth-order valence-electron chi connectivity index (χ4n) is 2.16. The molecule has 2 amide bonds. The number of amides is 2. The molecule has 2 N–H and O–H groups in total. The zero-order chi connectivity index (χ0) is 14.5. The molecule has 1 aliphatic carbocycles. The van der Waals surface area contributed by atoms with Gasteiger partial charge in [-0.05, 0) is 43.4 Å². The smallest absolute Gasteiger partial charge is 0.321 e. The molecule has 20 heavy (non-hydrogen) atoms. The summed E-state index contributed by atoms with van der Waals surface area (Å²) in [5.41, 5.74) is 1.69. The van der Waals surface area contributed by atoms with Gasteiger partial charge in [-0.3, -0.25) is 4.79 Å². The molecule has 0 atom stereocenters. The molecule has 1 fully saturated rings. The van der Waals surface area contributed by atoms with Gasteiger partial charge in [0.1, 0.15) is 0 Å². The number of nitrogens with one attached hydrogen (secondary N) is 1. The van der Waals surface area contributed by atoms with Crippen LogP contribution in [0.5, 0.6) is 0 Å². The molecule has 0 heterocycles. The molecular weight excluding hydrogens is 256 g/mol. The van der Waals surface area contributed by atoms with E-state index in [1.54, 1.807) is 4.90 Å². The predicted octanol–water partition coefficient (Wildman–Crippen LogP) is 2.72. The molecule has 0 radical (unpaired) electrons. The molecule has 0 bridgehead atoms. The first kappa shape index (κ1) is 14.4. The second-order valence-corrected chi connectivity index (χ2v) is 5.22. The largest absolute Gasteiger partial charge is 0.481 e. The van der Waals surface area contributed by atoms with Crippen LogP contribution in [0.2, 0.25) is 0 Å². The maximum atomic E-state index is 12.0. The highest BCUT2D eigenvalue weighted by Crippen LogP contribution is 2.24. The average Bonchev–Trinajstić information content (AvgIpc) is 2.35. The van der Waals surface area contributed by atoms with Crippen LogP contribution in [0.25, 0.3) is 0 Å². The van der Waals surface area contributed by atoms with Crippen molar-refractivity contribution >= 4 is 17.7 Å². The number of anilines is 1. The van der Waals surface area contributed by atoms with Crippen LogP contribution >= 0.6 is 0 Å². The lowest BCUT2D eigenvalue weighted by molar-refractivity contribution is -0.136. The quantitative estimate of drug-likeness (QED) is 0.868. The Kier molecular flexibility index (Phi) is 4.61. The van der Waals surface area contributed by atoms with Crippen molar-refractivity contribution in [3.8, 4) is 0 Å². The van der Waals surface area contributed by atoms with Gasteiger partial charge in [-0.25, -0.2) is 4.79 Å². The van der Waals surface area contributed by atoms with Crippen LogP contribution in [-0.4, -0.2) is 35.1 Å². The van der Waals surface area contributed by atoms with Gasteiger partial charge in [0.2, 0.25) is 0 Å². The van der Waals surface area contributed by atoms with Crippen molar-refractivity contribution in [1.29, 1.82) is 0 Å². The van der Waals surface area contributed by atoms with Crippen molar-refractivity contribution in [1.82, 2.24) is 4.90 Å². The molecule has 2 rings (SSSR count). The molecule has 0 aromatic heterocycles. The van der Waals surface area contributed by atoms with E-state index in [2.05, 4.69) is 5.32 Å². The summed E-state index contributed by atoms with van der Waals surface area (Å²) in [6.07, 6.45) is 3.98. The minimum absolute atomic E-state index is 0.0898. The highest BCUT2D eigenvalue weighted by molar-refractivity contribution is 5.89. The van der Waals surface area contributed by atoms with Gasteiger partial charge < -0.3 is 15.3 Å². The van der Waals surface area contributed by atoms with Crippen molar-refractivity contribution in [3.05, 3.63) is 29.8 Å². The minimum atomic E-state index is -0.801. The predicted molar refractivity (Wildman–Crippen MR) is 76.8 cm³/mol. The van der Waals surface area contributed by atoms with E-state index in [9.17, 15) is 9.59 Å². The molecule has 1 aromatic carbocycles. The highest BCUT2D eigenvalue weighted by Gasteiger charge is 2.25. The first-order valence-electron chi connectivity index (χ1n) is 6.91. The Morgan fingerprint density at radius 3 is 2.45 bits per heavy atom. The summed E-state index contributed by atoms with van der Waals surface area (Å²) in [6.45, 7) is 0. The summed E-state index contributed by atoms with van der Waals surface area (Å²) >= 11 is 0. The maximum absolute atomic E-state index is 12.0. The Labute approximate surface area is 118 Å². The summed E-state index contributed by atoms with van der Waals surface area (Å²) in [5, 5.41) is 11.5. The summed E-state index contributed by atoms with van der Waals surface area (Å²) < 4.78 is 0. The van der Waals surface area contributed by atoms with Crippen LogP contribution in [0.3, 0.4) is 0 Å². The summed E-state index contributed by atoms with van der Waals surface area (Å²) in [4.78, 5) is 24.2. The van der Waals surface area contributed by atoms with Gasteiger partial charge in [-0.15, -0.1) is 0 Å². The van der Waals surface area contributed by atoms with E-state index in [0.717, 1.165) is 24.1 Å². The van der Waals surface area contributed by atoms with Crippen LogP contribution in [0.15, 0.2) is 24.3 Å². The number of carboxylic acids is 1. The third kappa shape index (κ3) is 3.73. The molecule has 108 valence electrons. The number of hydrogen-bond donors (Lipinski definition) is 2. The van der Waals surface area contributed by atoms with Crippen molar-refractivity contribution in [3.63, 3.8) is 0 Å². The van der Waals surface area contributed by atoms with E-state index in [-0.39, 0.29) is 12.5 Å². The zero-order valence-electron chi connectivity index (χ0n) is 11.6. The number of urea groups is 1. The van der Waals surface area contributed by atoms with Crippen molar-refractivity contribution in [2.24, 2.45) is 0 Å². The van der Waals surface area contributed by atoms with Crippen LogP contribution in [0.4, 0.5) is 10.5 Å². The lowest BCUT2D eigenvalue weighted by atomic mass is 9.92. The second kappa shape index (κ2) is 6.41. The number of rotatable bonds is 5. The summed E-state index contributed by atoms with van der Waals surface area (Å²) in [5.74, 6) is -0.801. The van der Waals surface area contributed by atoms with Crippen molar-refractivity contribution < 1.29 is 14.7 Å². The van der Waals surface area contributed by atoms with Crippen LogP contribution < -0.4 is 5.32 Å². The van der Waals surface area contributed by atoms with E-state index < -0.39 is 5.97 Å². The first-order chi connectivity index (χ1) is 9.56. The molecule has 1 aromatic rings. The van der Waals surface area contributed by atoms with Gasteiger partial charge in [0.25, 0.3) is 0 Å². The molecule has 0 unspecified atom stereocenters. The van der Waals surface area contributed by atoms with Gasteiger partial charge in [-0.1, -0.05) is 12.1 Å². The Balaban J connectivity index is 1.86. The zero-order valence-corrected chi connectivity index (χ0v) is 11.6. The molecule has 5 heteroatoms. The molecule has 0 aliphatic heterocycles. The SMILES string of the molecule is CN(C(=O)Nc1ccc(CCC(=O)O)cc1)C1CCC1. The lowest BCUT2D eigenvalue weighted by Crippen LogP contribution is -2.43. The molecule has 1 saturated carbocycles. The monoisotopic (exact) mass is 276 g/mol. The standard InChI is InChI=1S/C15H20N2O3/c1-17(13-3-2-4-13)15(20)16-12-8-5-11(6-9-12)7-10-14(18)19/h5-6,8-9,13H,2-4,7,10H2,1H3,(H,16,20)(H,18,19). The molecular formula is C15H20N2O3. The number of aliphatic carboxylic acids is 1. The fourth-order valence-corrected chi connectivity index (χ4v) is 2.16. The number of nitrogens with zero attached hydrogens (tertiary/aromatic N) is 1. The Morgan fingerprint density at radius 2 is 1.95 bits per heavy atom. The number of benzene rings is 1.